The molecule has 13 rings (SSSR count). The smallest absolute Gasteiger partial charge is 0.122 e. The fourth-order valence-corrected chi connectivity index (χ4v) is 13.7. The Hall–Kier alpha value is -11.8. The predicted molar refractivity (Wildman–Crippen MR) is 376 cm³/mol. The largest absolute Gasteiger partial charge is 0.508 e. The van der Waals surface area contributed by atoms with Crippen molar-refractivity contribution in [3.05, 3.63) is 351 Å². The van der Waals surface area contributed by atoms with Crippen LogP contribution in [0.3, 0.4) is 0 Å². The summed E-state index contributed by atoms with van der Waals surface area (Å²) in [6.07, 6.45) is 3.90. The van der Waals surface area contributed by atoms with E-state index in [2.05, 4.69) is 0 Å². The Morgan fingerprint density at radius 2 is 0.598 bits per heavy atom. The van der Waals surface area contributed by atoms with Crippen molar-refractivity contribution in [2.24, 2.45) is 0 Å². The van der Waals surface area contributed by atoms with Gasteiger partial charge in [0.2, 0.25) is 0 Å². The van der Waals surface area contributed by atoms with Gasteiger partial charge in [-0.05, 0) is 232 Å². The van der Waals surface area contributed by atoms with Crippen LogP contribution in [0.5, 0.6) is 69.0 Å². The predicted octanol–water partition coefficient (Wildman–Crippen LogP) is 15.9. The number of para-hydroxylation sites is 1. The number of aromatic hydroxyl groups is 12. The van der Waals surface area contributed by atoms with Crippen LogP contribution >= 0.6 is 0 Å². The van der Waals surface area contributed by atoms with Crippen molar-refractivity contribution in [2.75, 3.05) is 0 Å². The lowest BCUT2D eigenvalue weighted by molar-refractivity contribution is 0.456. The molecule has 486 valence electrons. The maximum absolute atomic E-state index is 12.5. The summed E-state index contributed by atoms with van der Waals surface area (Å²) in [6.45, 7) is 1.84. The first-order valence-electron chi connectivity index (χ1n) is 32.4. The lowest BCUT2D eigenvalue weighted by Gasteiger charge is -2.18. The van der Waals surface area contributed by atoms with Crippen LogP contribution in [0.15, 0.2) is 212 Å². The van der Waals surface area contributed by atoms with Crippen molar-refractivity contribution in [1.29, 1.82) is 0 Å². The minimum absolute atomic E-state index is 0.00331. The van der Waals surface area contributed by atoms with Gasteiger partial charge in [0.05, 0.1) is 0 Å². The van der Waals surface area contributed by atoms with Crippen LogP contribution in [0.25, 0.3) is 0 Å². The van der Waals surface area contributed by atoms with E-state index in [0.717, 1.165) is 72.3 Å². The molecule has 12 nitrogen and oxygen atoms in total. The second-order valence-corrected chi connectivity index (χ2v) is 26.1. The zero-order chi connectivity index (χ0) is 67.6. The molecule has 0 aromatic heterocycles. The minimum atomic E-state index is -0.0146. The number of benzene rings is 12. The van der Waals surface area contributed by atoms with Crippen LogP contribution < -0.4 is 0 Å². The number of hydrogen-bond donors (Lipinski definition) is 12. The molecule has 1 aliphatic carbocycles. The second-order valence-electron chi connectivity index (χ2n) is 26.1. The molecule has 12 N–H and O–H groups in total. The van der Waals surface area contributed by atoms with Gasteiger partial charge in [0, 0.05) is 57.8 Å². The topological polar surface area (TPSA) is 243 Å². The summed E-state index contributed by atoms with van der Waals surface area (Å²) in [5.41, 5.74) is 18.5. The third-order valence-corrected chi connectivity index (χ3v) is 18.8. The molecule has 12 aromatic carbocycles. The molecule has 12 aromatic rings. The van der Waals surface area contributed by atoms with Gasteiger partial charge in [-0.15, -0.1) is 0 Å². The van der Waals surface area contributed by atoms with Gasteiger partial charge in [0.1, 0.15) is 69.0 Å². The number of aryl methyl sites for hydroxylation is 1. The SMILES string of the molecule is Cc1cc(Cc2ccccc2O)cc(Cc2ccc(O)c(Cc3cc(Cc4ccc(O)cc4)cc(Cc4cc5c(cc4O)Cc4ccc(O)c(c4)Cc4cc(Cc6ccc(O)c(Cc7ccc(O)c(Cc8cc(Cc9ccc(O)cc9)ccc8O)c7)c6)c(O)c(c4)C5)c3O)c2)c1O. The van der Waals surface area contributed by atoms with E-state index in [4.69, 9.17) is 0 Å². The molecular formula is C85H74O12. The van der Waals surface area contributed by atoms with E-state index in [9.17, 15) is 61.3 Å². The summed E-state index contributed by atoms with van der Waals surface area (Å²) in [7, 11) is 0. The number of hydrogen-bond acceptors (Lipinski definition) is 12. The Labute approximate surface area is 562 Å². The first-order chi connectivity index (χ1) is 46.7. The quantitative estimate of drug-likeness (QED) is 0.0384. The molecule has 4 bridgehead atoms. The minimum Gasteiger partial charge on any atom is -0.508 e. The molecule has 97 heavy (non-hydrogen) atoms. The van der Waals surface area contributed by atoms with E-state index in [-0.39, 0.29) is 101 Å². The molecule has 0 saturated carbocycles. The van der Waals surface area contributed by atoms with Crippen LogP contribution in [0.2, 0.25) is 0 Å². The molecule has 0 aliphatic heterocycles. The molecule has 0 spiro atoms. The number of phenols is 12. The second kappa shape index (κ2) is 27.3. The summed E-state index contributed by atoms with van der Waals surface area (Å²) in [6, 6.07) is 63.2. The maximum atomic E-state index is 12.5. The average Bonchev–Trinajstić information content (AvgIpc) is 1.76. The summed E-state index contributed by atoms with van der Waals surface area (Å²) < 4.78 is 0. The van der Waals surface area contributed by atoms with Crippen molar-refractivity contribution in [2.45, 2.75) is 84.0 Å². The van der Waals surface area contributed by atoms with Gasteiger partial charge in [-0.25, -0.2) is 0 Å². The van der Waals surface area contributed by atoms with Crippen molar-refractivity contribution in [1.82, 2.24) is 0 Å². The van der Waals surface area contributed by atoms with E-state index in [1.165, 1.54) is 0 Å². The zero-order valence-corrected chi connectivity index (χ0v) is 53.6. The van der Waals surface area contributed by atoms with Gasteiger partial charge in [0.25, 0.3) is 0 Å². The van der Waals surface area contributed by atoms with Crippen LogP contribution in [0.4, 0.5) is 0 Å². The third-order valence-electron chi connectivity index (χ3n) is 18.8. The average molecular weight is 1290 g/mol. The van der Waals surface area contributed by atoms with Crippen LogP contribution in [-0.4, -0.2) is 61.3 Å². The first kappa shape index (κ1) is 64.0. The van der Waals surface area contributed by atoms with Gasteiger partial charge in [0.15, 0.2) is 0 Å². The number of phenolic OH excluding ortho intramolecular Hbond substituents is 12. The Morgan fingerprint density at radius 1 is 0.216 bits per heavy atom. The number of fused-ring (bicyclic) bond motifs is 5. The van der Waals surface area contributed by atoms with Crippen LogP contribution in [0, 0.1) is 6.92 Å². The highest BCUT2D eigenvalue weighted by Gasteiger charge is 2.23. The highest BCUT2D eigenvalue weighted by molar-refractivity contribution is 5.59. The van der Waals surface area contributed by atoms with Gasteiger partial charge in [-0.1, -0.05) is 146 Å². The van der Waals surface area contributed by atoms with E-state index in [1.807, 2.05) is 140 Å². The molecule has 12 heteroatoms. The van der Waals surface area contributed by atoms with E-state index in [0.29, 0.717) is 112 Å². The number of rotatable bonds is 18. The first-order valence-corrected chi connectivity index (χ1v) is 32.4. The van der Waals surface area contributed by atoms with E-state index in [1.54, 1.807) is 78.9 Å². The van der Waals surface area contributed by atoms with E-state index >= 15 is 0 Å². The molecule has 0 atom stereocenters. The summed E-state index contributed by atoms with van der Waals surface area (Å²) >= 11 is 0. The molecule has 0 heterocycles. The molecule has 0 saturated heterocycles. The fourth-order valence-electron chi connectivity index (χ4n) is 13.7. The van der Waals surface area contributed by atoms with Gasteiger partial charge in [-0.2, -0.15) is 0 Å². The molecule has 1 aliphatic rings. The Kier molecular flexibility index (Phi) is 18.0. The highest BCUT2D eigenvalue weighted by atomic mass is 16.3. The maximum Gasteiger partial charge on any atom is 0.122 e. The standard InChI is InChI=1S/C85H74O12/c1-49-24-57(36-60-4-2-3-5-76(60)88)38-69(83(49)95)34-56-14-23-81(93)67(33-56)46-72-39-58(26-51-8-17-75(87)18-9-51)40-73(85(72)97)47-68-43-62-44-71-42-59(37-64-29-53(11-20-78(64)90)27-61(62)48-82(68)94)41-70(84(71)96)35-55-13-21-77(89)63(31-55)30-54-12-22-80(92)66(32-54)45-65-28-52(10-19-79(65)91)25-50-6-15-74(86)16-7-50/h2-24,28-29,31-33,38-43,48,86-97H,25-27,30,34-37,44-47H2,1H3. The van der Waals surface area contributed by atoms with Crippen LogP contribution in [0.1, 0.15) is 139 Å². The Bertz CT molecular complexity index is 4970. The Morgan fingerprint density at radius 3 is 1.15 bits per heavy atom. The van der Waals surface area contributed by atoms with Gasteiger partial charge in [-0.3, -0.25) is 0 Å². The highest BCUT2D eigenvalue weighted by Crippen LogP contribution is 2.40. The van der Waals surface area contributed by atoms with Gasteiger partial charge < -0.3 is 61.3 Å². The summed E-state index contributed by atoms with van der Waals surface area (Å²) in [5, 5.41) is 135. The molecule has 0 amide bonds. The monoisotopic (exact) mass is 1290 g/mol. The van der Waals surface area contributed by atoms with Crippen molar-refractivity contribution in [3.8, 4) is 69.0 Å². The zero-order valence-electron chi connectivity index (χ0n) is 53.6. The normalized spacial score (nSPS) is 11.9. The van der Waals surface area contributed by atoms with Crippen molar-refractivity contribution < 1.29 is 61.3 Å². The summed E-state index contributed by atoms with van der Waals surface area (Å²) in [5.74, 6) is 1.12. The third kappa shape index (κ3) is 14.8. The fraction of sp³-hybridized carbons (Fsp3) is 0.153. The lowest BCUT2D eigenvalue weighted by Crippen LogP contribution is -2.03. The lowest BCUT2D eigenvalue weighted by atomic mass is 9.88. The molecule has 0 unspecified atom stereocenters. The molecule has 0 radical (unpaired) electrons. The van der Waals surface area contributed by atoms with Crippen molar-refractivity contribution >= 4 is 0 Å². The van der Waals surface area contributed by atoms with Gasteiger partial charge >= 0.3 is 0 Å². The Balaban J connectivity index is 0.794. The summed E-state index contributed by atoms with van der Waals surface area (Å²) in [4.78, 5) is 0. The van der Waals surface area contributed by atoms with Crippen LogP contribution in [-0.2, 0) is 77.0 Å². The molecular weight excluding hydrogens is 1210 g/mol. The molecule has 0 fully saturated rings. The van der Waals surface area contributed by atoms with E-state index < -0.39 is 0 Å². The van der Waals surface area contributed by atoms with Crippen molar-refractivity contribution in [3.63, 3.8) is 0 Å².